The zero-order valence-corrected chi connectivity index (χ0v) is 13.0. The number of rotatable bonds is 6. The first-order chi connectivity index (χ1) is 10.0. The highest BCUT2D eigenvalue weighted by molar-refractivity contribution is 5.82. The van der Waals surface area contributed by atoms with Crippen LogP contribution in [0, 0.1) is 0 Å². The minimum Gasteiger partial charge on any atom is -0.508 e. The van der Waals surface area contributed by atoms with E-state index in [1.54, 1.807) is 12.1 Å². The summed E-state index contributed by atoms with van der Waals surface area (Å²) in [6, 6.07) is 5.57. The van der Waals surface area contributed by atoms with Crippen molar-refractivity contribution in [3.8, 4) is 5.75 Å². The van der Waals surface area contributed by atoms with E-state index in [2.05, 4.69) is 19.2 Å². The summed E-state index contributed by atoms with van der Waals surface area (Å²) < 4.78 is 5.21. The highest BCUT2D eigenvalue weighted by Gasteiger charge is 2.12. The Labute approximate surface area is 124 Å². The second-order valence-electron chi connectivity index (χ2n) is 5.63. The SMILES string of the molecule is CCC[C@@H](C)[NH2+]Cc1cc(=O)oc2cc(O)c(CC)cc12. The summed E-state index contributed by atoms with van der Waals surface area (Å²) >= 11 is 0. The maximum absolute atomic E-state index is 11.7. The second-order valence-corrected chi connectivity index (χ2v) is 5.63. The Morgan fingerprint density at radius 2 is 2.00 bits per heavy atom. The van der Waals surface area contributed by atoms with Crippen LogP contribution in [-0.2, 0) is 13.0 Å². The Kier molecular flexibility index (Phi) is 5.02. The van der Waals surface area contributed by atoms with Gasteiger partial charge in [-0.15, -0.1) is 0 Å². The van der Waals surface area contributed by atoms with Crippen LogP contribution < -0.4 is 10.9 Å². The van der Waals surface area contributed by atoms with E-state index in [1.165, 1.54) is 0 Å². The van der Waals surface area contributed by atoms with Crippen molar-refractivity contribution < 1.29 is 14.8 Å². The highest BCUT2D eigenvalue weighted by atomic mass is 16.4. The van der Waals surface area contributed by atoms with Crippen molar-refractivity contribution in [3.05, 3.63) is 39.7 Å². The minimum absolute atomic E-state index is 0.189. The fourth-order valence-corrected chi connectivity index (χ4v) is 2.66. The summed E-state index contributed by atoms with van der Waals surface area (Å²) in [5, 5.41) is 13.1. The van der Waals surface area contributed by atoms with Gasteiger partial charge < -0.3 is 14.8 Å². The number of fused-ring (bicyclic) bond motifs is 1. The van der Waals surface area contributed by atoms with Gasteiger partial charge in [0.15, 0.2) is 0 Å². The molecule has 0 unspecified atom stereocenters. The van der Waals surface area contributed by atoms with Crippen molar-refractivity contribution in [2.75, 3.05) is 0 Å². The van der Waals surface area contributed by atoms with E-state index in [0.717, 1.165) is 42.3 Å². The number of quaternary nitrogens is 1. The molecule has 1 atom stereocenters. The Hall–Kier alpha value is -1.81. The number of aryl methyl sites for hydroxylation is 1. The molecule has 0 saturated carbocycles. The number of hydrogen-bond donors (Lipinski definition) is 2. The normalized spacial score (nSPS) is 12.7. The van der Waals surface area contributed by atoms with Gasteiger partial charge in [-0.25, -0.2) is 4.79 Å². The molecule has 2 rings (SSSR count). The fourth-order valence-electron chi connectivity index (χ4n) is 2.66. The van der Waals surface area contributed by atoms with Gasteiger partial charge in [-0.05, 0) is 31.4 Å². The van der Waals surface area contributed by atoms with Gasteiger partial charge in [-0.1, -0.05) is 20.3 Å². The van der Waals surface area contributed by atoms with Crippen molar-refractivity contribution in [1.29, 1.82) is 0 Å². The highest BCUT2D eigenvalue weighted by Crippen LogP contribution is 2.26. The third kappa shape index (κ3) is 3.64. The lowest BCUT2D eigenvalue weighted by molar-refractivity contribution is -0.701. The fraction of sp³-hybridized carbons (Fsp3) is 0.471. The molecule has 0 amide bonds. The summed E-state index contributed by atoms with van der Waals surface area (Å²) in [6.07, 6.45) is 3.06. The molecule has 0 fully saturated rings. The second kappa shape index (κ2) is 6.76. The van der Waals surface area contributed by atoms with Gasteiger partial charge in [0, 0.05) is 23.1 Å². The summed E-state index contributed by atoms with van der Waals surface area (Å²) in [5.41, 5.74) is 1.94. The van der Waals surface area contributed by atoms with Crippen LogP contribution in [0.3, 0.4) is 0 Å². The average Bonchev–Trinajstić information content (AvgIpc) is 2.44. The van der Waals surface area contributed by atoms with Crippen LogP contribution in [-0.4, -0.2) is 11.1 Å². The molecule has 1 aromatic carbocycles. The number of benzene rings is 1. The molecule has 2 aromatic rings. The zero-order valence-electron chi connectivity index (χ0n) is 13.0. The first-order valence-corrected chi connectivity index (χ1v) is 7.67. The van der Waals surface area contributed by atoms with Gasteiger partial charge in [0.2, 0.25) is 0 Å². The van der Waals surface area contributed by atoms with Gasteiger partial charge in [0.1, 0.15) is 17.9 Å². The Balaban J connectivity index is 2.39. The maximum Gasteiger partial charge on any atom is 0.336 e. The molecule has 114 valence electrons. The molecule has 0 spiro atoms. The molecule has 0 aliphatic rings. The average molecular weight is 290 g/mol. The molecule has 4 nitrogen and oxygen atoms in total. The first-order valence-electron chi connectivity index (χ1n) is 7.67. The Morgan fingerprint density at radius 1 is 1.24 bits per heavy atom. The third-order valence-electron chi connectivity index (χ3n) is 3.89. The number of nitrogens with two attached hydrogens (primary N) is 1. The largest absolute Gasteiger partial charge is 0.508 e. The van der Waals surface area contributed by atoms with E-state index in [-0.39, 0.29) is 11.4 Å². The van der Waals surface area contributed by atoms with Gasteiger partial charge in [-0.3, -0.25) is 0 Å². The molecule has 4 heteroatoms. The predicted octanol–water partition coefficient (Wildman–Crippen LogP) is 2.31. The number of hydrogen-bond acceptors (Lipinski definition) is 3. The lowest BCUT2D eigenvalue weighted by atomic mass is 10.0. The van der Waals surface area contributed by atoms with Gasteiger partial charge >= 0.3 is 5.63 Å². The summed E-state index contributed by atoms with van der Waals surface area (Å²) in [4.78, 5) is 11.7. The quantitative estimate of drug-likeness (QED) is 0.802. The molecule has 3 N–H and O–H groups in total. The van der Waals surface area contributed by atoms with Crippen LogP contribution in [0.1, 0.15) is 44.7 Å². The van der Waals surface area contributed by atoms with Crippen LogP contribution in [0.5, 0.6) is 5.75 Å². The van der Waals surface area contributed by atoms with Crippen molar-refractivity contribution in [3.63, 3.8) is 0 Å². The molecule has 0 aliphatic carbocycles. The summed E-state index contributed by atoms with van der Waals surface area (Å²) in [7, 11) is 0. The molecular weight excluding hydrogens is 266 g/mol. The van der Waals surface area contributed by atoms with E-state index in [1.807, 2.05) is 13.0 Å². The molecule has 0 bridgehead atoms. The number of phenolic OH excluding ortho intramolecular Hbond substituents is 1. The van der Waals surface area contributed by atoms with Crippen LogP contribution >= 0.6 is 0 Å². The standard InChI is InChI=1S/C17H23NO3/c1-4-6-11(3)18-10-13-8-17(20)21-16-9-15(19)12(5-2)7-14(13)16/h7-9,11,18-19H,4-6,10H2,1-3H3/p+1/t11-/m1/s1. The van der Waals surface area contributed by atoms with Crippen molar-refractivity contribution in [2.24, 2.45) is 0 Å². The van der Waals surface area contributed by atoms with Crippen LogP contribution in [0.25, 0.3) is 11.0 Å². The Morgan fingerprint density at radius 3 is 2.67 bits per heavy atom. The van der Waals surface area contributed by atoms with Crippen molar-refractivity contribution >= 4 is 11.0 Å². The lowest BCUT2D eigenvalue weighted by Crippen LogP contribution is -2.87. The zero-order chi connectivity index (χ0) is 15.4. The molecular formula is C17H24NO3+. The first kappa shape index (κ1) is 15.6. The van der Waals surface area contributed by atoms with Gasteiger partial charge in [0.25, 0.3) is 0 Å². The summed E-state index contributed by atoms with van der Waals surface area (Å²) in [6.45, 7) is 7.11. The maximum atomic E-state index is 11.7. The van der Waals surface area contributed by atoms with E-state index in [0.29, 0.717) is 11.6 Å². The van der Waals surface area contributed by atoms with E-state index in [4.69, 9.17) is 4.42 Å². The number of phenols is 1. The van der Waals surface area contributed by atoms with E-state index < -0.39 is 0 Å². The molecule has 1 heterocycles. The predicted molar refractivity (Wildman–Crippen MR) is 83.5 cm³/mol. The molecule has 0 saturated heterocycles. The smallest absolute Gasteiger partial charge is 0.336 e. The molecule has 21 heavy (non-hydrogen) atoms. The van der Waals surface area contributed by atoms with Crippen molar-refractivity contribution in [2.45, 2.75) is 52.6 Å². The van der Waals surface area contributed by atoms with Gasteiger partial charge in [0.05, 0.1) is 6.04 Å². The summed E-state index contributed by atoms with van der Waals surface area (Å²) in [5.74, 6) is 0.189. The van der Waals surface area contributed by atoms with Crippen molar-refractivity contribution in [1.82, 2.24) is 0 Å². The van der Waals surface area contributed by atoms with Crippen LogP contribution in [0.2, 0.25) is 0 Å². The topological polar surface area (TPSA) is 67.0 Å². The molecule has 1 aromatic heterocycles. The molecule has 0 aliphatic heterocycles. The van der Waals surface area contributed by atoms with Crippen LogP contribution in [0.15, 0.2) is 27.4 Å². The monoisotopic (exact) mass is 290 g/mol. The van der Waals surface area contributed by atoms with E-state index in [9.17, 15) is 9.90 Å². The number of aromatic hydroxyl groups is 1. The minimum atomic E-state index is -0.363. The third-order valence-corrected chi connectivity index (χ3v) is 3.89. The van der Waals surface area contributed by atoms with Gasteiger partial charge in [-0.2, -0.15) is 0 Å². The Bertz CT molecular complexity index is 676. The molecule has 0 radical (unpaired) electrons. The van der Waals surface area contributed by atoms with Crippen LogP contribution in [0.4, 0.5) is 0 Å². The lowest BCUT2D eigenvalue weighted by Gasteiger charge is -2.11. The van der Waals surface area contributed by atoms with E-state index >= 15 is 0 Å².